The van der Waals surface area contributed by atoms with E-state index < -0.39 is 18.1 Å². The molecule has 0 aromatic carbocycles. The van der Waals surface area contributed by atoms with E-state index in [1.54, 1.807) is 0 Å². The zero-order chi connectivity index (χ0) is 21.9. The van der Waals surface area contributed by atoms with Crippen LogP contribution >= 0.6 is 0 Å². The number of nitrogens with one attached hydrogen (secondary N) is 8. The standard InChI is InChI=1S/C10H16N18O3/c29-8(13-5-16-22-23-17-5)11-1-3-28(10(31)15-7-20-26-27-21-7)4-2-12-9(30)14-6-18-24-25-19-6/h1-4H2,(H2,15,20,21,26,27,31)(H3,11,13,16,17,22,23,29)(H3,12,14,18,19,24,25,30). The molecule has 3 aromatic rings. The number of carbonyl (C=O) groups excluding carboxylic acids is 3. The summed E-state index contributed by atoms with van der Waals surface area (Å²) in [6.07, 6.45) is 0. The predicted octanol–water partition coefficient (Wildman–Crippen LogP) is -3.30. The van der Waals surface area contributed by atoms with Gasteiger partial charge in [0.1, 0.15) is 0 Å². The highest BCUT2D eigenvalue weighted by molar-refractivity contribution is 5.89. The zero-order valence-electron chi connectivity index (χ0n) is 15.5. The summed E-state index contributed by atoms with van der Waals surface area (Å²) in [5.74, 6) is 0.145. The van der Waals surface area contributed by atoms with Crippen LogP contribution in [-0.2, 0) is 0 Å². The number of urea groups is 3. The lowest BCUT2D eigenvalue weighted by atomic mass is 10.4. The van der Waals surface area contributed by atoms with Gasteiger partial charge in [0.05, 0.1) is 0 Å². The number of anilines is 3. The Kier molecular flexibility index (Phi) is 7.05. The Hall–Kier alpha value is -4.98. The summed E-state index contributed by atoms with van der Waals surface area (Å²) in [5, 5.41) is 49.9. The second-order valence-electron chi connectivity index (χ2n) is 5.43. The van der Waals surface area contributed by atoms with Crippen molar-refractivity contribution in [3.63, 3.8) is 0 Å². The second-order valence-corrected chi connectivity index (χ2v) is 5.43. The van der Waals surface area contributed by atoms with Gasteiger partial charge in [0.15, 0.2) is 0 Å². The minimum Gasteiger partial charge on any atom is -0.336 e. The summed E-state index contributed by atoms with van der Waals surface area (Å²) in [7, 11) is 0. The van der Waals surface area contributed by atoms with Crippen LogP contribution in [0.5, 0.6) is 0 Å². The maximum atomic E-state index is 12.5. The molecule has 0 aliphatic carbocycles. The summed E-state index contributed by atoms with van der Waals surface area (Å²) in [4.78, 5) is 37.4. The van der Waals surface area contributed by atoms with Gasteiger partial charge >= 0.3 is 18.1 Å². The Morgan fingerprint density at radius 2 is 1.10 bits per heavy atom. The minimum atomic E-state index is -0.587. The number of tetrazole rings is 3. The molecule has 31 heavy (non-hydrogen) atoms. The summed E-state index contributed by atoms with van der Waals surface area (Å²) in [6.45, 7) is 0.326. The molecule has 0 saturated carbocycles. The van der Waals surface area contributed by atoms with Crippen molar-refractivity contribution in [3.05, 3.63) is 0 Å². The average Bonchev–Trinajstić information content (AvgIpc) is 3.51. The lowest BCUT2D eigenvalue weighted by molar-refractivity contribution is 0.210. The quantitative estimate of drug-likeness (QED) is 0.164. The van der Waals surface area contributed by atoms with Gasteiger partial charge in [-0.2, -0.15) is 0 Å². The third-order valence-corrected chi connectivity index (χ3v) is 3.35. The maximum absolute atomic E-state index is 12.5. The number of H-pyrrole nitrogens is 3. The number of nitrogens with zero attached hydrogens (tertiary/aromatic N) is 10. The molecule has 0 radical (unpaired) electrons. The first-order chi connectivity index (χ1) is 15.1. The predicted molar refractivity (Wildman–Crippen MR) is 97.2 cm³/mol. The highest BCUT2D eigenvalue weighted by Gasteiger charge is 2.16. The van der Waals surface area contributed by atoms with Crippen molar-refractivity contribution in [2.75, 3.05) is 42.1 Å². The van der Waals surface area contributed by atoms with Crippen LogP contribution in [0.3, 0.4) is 0 Å². The summed E-state index contributed by atoms with van der Waals surface area (Å²) >= 11 is 0. The van der Waals surface area contributed by atoms with Crippen molar-refractivity contribution in [3.8, 4) is 0 Å². The highest BCUT2D eigenvalue weighted by atomic mass is 16.2. The summed E-state index contributed by atoms with van der Waals surface area (Å²) in [5.41, 5.74) is 0. The lowest BCUT2D eigenvalue weighted by Gasteiger charge is -2.22. The Labute approximate surface area is 170 Å². The molecule has 164 valence electrons. The van der Waals surface area contributed by atoms with Gasteiger partial charge in [0.25, 0.3) is 0 Å². The molecular formula is C10H16N18O3. The van der Waals surface area contributed by atoms with Crippen LogP contribution in [0.4, 0.5) is 32.2 Å². The van der Waals surface area contributed by atoms with E-state index in [4.69, 9.17) is 0 Å². The first kappa shape index (κ1) is 20.7. The van der Waals surface area contributed by atoms with Crippen LogP contribution in [0.25, 0.3) is 0 Å². The van der Waals surface area contributed by atoms with Gasteiger partial charge in [-0.05, 0) is 31.3 Å². The maximum Gasteiger partial charge on any atom is 0.324 e. The first-order valence-corrected chi connectivity index (χ1v) is 8.47. The molecule has 0 atom stereocenters. The first-order valence-electron chi connectivity index (χ1n) is 8.47. The largest absolute Gasteiger partial charge is 0.336 e. The third kappa shape index (κ3) is 6.84. The van der Waals surface area contributed by atoms with E-state index in [-0.39, 0.29) is 44.0 Å². The van der Waals surface area contributed by atoms with Gasteiger partial charge in [0.2, 0.25) is 17.8 Å². The molecule has 0 saturated heterocycles. The van der Waals surface area contributed by atoms with Gasteiger partial charge in [-0.3, -0.25) is 16.0 Å². The van der Waals surface area contributed by atoms with Crippen LogP contribution < -0.4 is 26.6 Å². The van der Waals surface area contributed by atoms with Crippen molar-refractivity contribution < 1.29 is 14.4 Å². The smallest absolute Gasteiger partial charge is 0.324 e. The molecule has 0 spiro atoms. The van der Waals surface area contributed by atoms with Crippen molar-refractivity contribution in [1.29, 1.82) is 0 Å². The molecule has 21 nitrogen and oxygen atoms in total. The molecule has 6 amide bonds. The number of carbonyl (C=O) groups is 3. The molecular weight excluding hydrogens is 420 g/mol. The number of hydrogen-bond acceptors (Lipinski definition) is 12. The van der Waals surface area contributed by atoms with E-state index in [0.29, 0.717) is 0 Å². The van der Waals surface area contributed by atoms with E-state index >= 15 is 0 Å². The van der Waals surface area contributed by atoms with Gasteiger partial charge in [-0.15, -0.1) is 0 Å². The molecule has 0 unspecified atom stereocenters. The van der Waals surface area contributed by atoms with Crippen molar-refractivity contribution in [2.24, 2.45) is 0 Å². The highest BCUT2D eigenvalue weighted by Crippen LogP contribution is 1.97. The Morgan fingerprint density at radius 3 is 1.48 bits per heavy atom. The Morgan fingerprint density at radius 1 is 0.677 bits per heavy atom. The fourth-order valence-corrected chi connectivity index (χ4v) is 2.04. The molecule has 0 aliphatic rings. The van der Waals surface area contributed by atoms with Gasteiger partial charge in [0, 0.05) is 26.2 Å². The number of aromatic nitrogens is 12. The monoisotopic (exact) mass is 436 g/mol. The molecule has 3 aromatic heterocycles. The Bertz CT molecular complexity index is 883. The van der Waals surface area contributed by atoms with Crippen LogP contribution in [0.2, 0.25) is 0 Å². The zero-order valence-corrected chi connectivity index (χ0v) is 15.5. The van der Waals surface area contributed by atoms with Crippen molar-refractivity contribution in [1.82, 2.24) is 77.4 Å². The van der Waals surface area contributed by atoms with Crippen LogP contribution in [-0.4, -0.2) is 111 Å². The molecule has 21 heteroatoms. The van der Waals surface area contributed by atoms with Gasteiger partial charge in [-0.25, -0.2) is 29.7 Å². The Balaban J connectivity index is 1.45. The van der Waals surface area contributed by atoms with Crippen molar-refractivity contribution >= 4 is 35.9 Å². The fourth-order valence-electron chi connectivity index (χ4n) is 2.04. The molecule has 0 bridgehead atoms. The summed E-state index contributed by atoms with van der Waals surface area (Å²) in [6, 6.07) is -1.74. The molecule has 8 N–H and O–H groups in total. The third-order valence-electron chi connectivity index (χ3n) is 3.35. The van der Waals surface area contributed by atoms with E-state index in [2.05, 4.69) is 88.5 Å². The fraction of sp³-hybridized carbons (Fsp3) is 0.400. The van der Waals surface area contributed by atoms with Crippen LogP contribution in [0.1, 0.15) is 0 Å². The van der Waals surface area contributed by atoms with Crippen LogP contribution in [0.15, 0.2) is 0 Å². The number of amides is 6. The van der Waals surface area contributed by atoms with Crippen molar-refractivity contribution in [2.45, 2.75) is 0 Å². The van der Waals surface area contributed by atoms with Crippen LogP contribution in [0, 0.1) is 0 Å². The number of aromatic amines is 3. The second kappa shape index (κ2) is 10.5. The minimum absolute atomic E-state index is 0.0297. The van der Waals surface area contributed by atoms with E-state index in [0.717, 1.165) is 0 Å². The normalized spacial score (nSPS) is 10.2. The van der Waals surface area contributed by atoms with Gasteiger partial charge in [-0.1, -0.05) is 15.3 Å². The lowest BCUT2D eigenvalue weighted by Crippen LogP contribution is -2.45. The number of hydrogen-bond donors (Lipinski definition) is 8. The van der Waals surface area contributed by atoms with E-state index in [1.807, 2.05) is 0 Å². The SMILES string of the molecule is O=C(NCCN(CCNC(=O)Nc1nnn[nH]1)C(=O)Nc1nnn[nH]1)Nc1nnn[nH]1. The van der Waals surface area contributed by atoms with E-state index in [9.17, 15) is 14.4 Å². The van der Waals surface area contributed by atoms with E-state index in [1.165, 1.54) is 4.90 Å². The molecule has 0 aliphatic heterocycles. The molecule has 0 fully saturated rings. The average molecular weight is 436 g/mol. The number of rotatable bonds is 9. The summed E-state index contributed by atoms with van der Waals surface area (Å²) < 4.78 is 0. The topological polar surface area (TPSA) is 278 Å². The molecule has 3 heterocycles. The van der Waals surface area contributed by atoms with Gasteiger partial charge < -0.3 is 15.5 Å². The molecule has 3 rings (SSSR count).